The second-order valence-electron chi connectivity index (χ2n) is 6.80. The molecule has 0 bridgehead atoms. The number of nitrogens with two attached hydrogens (primary N) is 1. The summed E-state index contributed by atoms with van der Waals surface area (Å²) in [6.45, 7) is 4.76. The third-order valence-corrected chi connectivity index (χ3v) is 4.71. The number of halogens is 2. The van der Waals surface area contributed by atoms with Gasteiger partial charge in [0.15, 0.2) is 0 Å². The fourth-order valence-electron chi connectivity index (χ4n) is 2.94. The minimum atomic E-state index is -0.723. The molecule has 2 atom stereocenters. The molecular formula is C17H24Cl2N4O4. The van der Waals surface area contributed by atoms with Gasteiger partial charge in [-0.3, -0.25) is 19.7 Å². The Hall–Kier alpha value is -1.90. The maximum absolute atomic E-state index is 12.8. The van der Waals surface area contributed by atoms with Crippen molar-refractivity contribution in [1.82, 2.24) is 10.2 Å². The van der Waals surface area contributed by atoms with Gasteiger partial charge in [-0.15, -0.1) is 12.4 Å². The number of amides is 2. The highest BCUT2D eigenvalue weighted by Gasteiger charge is 2.31. The summed E-state index contributed by atoms with van der Waals surface area (Å²) < 4.78 is 0. The van der Waals surface area contributed by atoms with Crippen molar-refractivity contribution in [3.8, 4) is 0 Å². The number of nitrogens with zero attached hydrogens (tertiary/aromatic N) is 2. The Morgan fingerprint density at radius 1 is 1.41 bits per heavy atom. The van der Waals surface area contributed by atoms with E-state index in [1.807, 2.05) is 13.8 Å². The van der Waals surface area contributed by atoms with Gasteiger partial charge in [0.1, 0.15) is 6.04 Å². The molecule has 27 heavy (non-hydrogen) atoms. The van der Waals surface area contributed by atoms with Gasteiger partial charge in [0.25, 0.3) is 11.6 Å². The molecule has 0 aromatic heterocycles. The first-order valence-corrected chi connectivity index (χ1v) is 8.87. The van der Waals surface area contributed by atoms with E-state index in [0.717, 1.165) is 18.9 Å². The molecular weight excluding hydrogens is 395 g/mol. The third-order valence-electron chi connectivity index (χ3n) is 4.40. The van der Waals surface area contributed by atoms with Crippen molar-refractivity contribution in [3.05, 3.63) is 38.9 Å². The number of rotatable bonds is 5. The summed E-state index contributed by atoms with van der Waals surface area (Å²) in [5, 5.41) is 13.5. The summed E-state index contributed by atoms with van der Waals surface area (Å²) in [7, 11) is 0. The van der Waals surface area contributed by atoms with Gasteiger partial charge in [-0.1, -0.05) is 25.4 Å². The van der Waals surface area contributed by atoms with Crippen LogP contribution in [0.3, 0.4) is 0 Å². The third kappa shape index (κ3) is 5.79. The second-order valence-corrected chi connectivity index (χ2v) is 7.21. The SMILES string of the molecule is CC(C)C(NC(=O)c1ccc([N+](=O)[O-])cc1Cl)C(=O)N1CCCC(N)C1.Cl. The quantitative estimate of drug-likeness (QED) is 0.561. The summed E-state index contributed by atoms with van der Waals surface area (Å²) in [4.78, 5) is 37.2. The highest BCUT2D eigenvalue weighted by Crippen LogP contribution is 2.23. The molecule has 0 aliphatic carbocycles. The van der Waals surface area contributed by atoms with Gasteiger partial charge in [-0.05, 0) is 24.8 Å². The van der Waals surface area contributed by atoms with Gasteiger partial charge < -0.3 is 16.0 Å². The molecule has 1 aliphatic rings. The van der Waals surface area contributed by atoms with Crippen LogP contribution < -0.4 is 11.1 Å². The first-order chi connectivity index (χ1) is 12.2. The van der Waals surface area contributed by atoms with Crippen molar-refractivity contribution >= 4 is 41.5 Å². The van der Waals surface area contributed by atoms with Gasteiger partial charge in [0.2, 0.25) is 5.91 Å². The predicted octanol–water partition coefficient (Wildman–Crippen LogP) is 2.37. The molecule has 1 aromatic carbocycles. The van der Waals surface area contributed by atoms with Crippen LogP contribution in [0.2, 0.25) is 5.02 Å². The van der Waals surface area contributed by atoms with E-state index in [4.69, 9.17) is 17.3 Å². The van der Waals surface area contributed by atoms with Crippen LogP contribution in [0.5, 0.6) is 0 Å². The van der Waals surface area contributed by atoms with Gasteiger partial charge in [0.05, 0.1) is 15.5 Å². The molecule has 8 nitrogen and oxygen atoms in total. The number of benzene rings is 1. The van der Waals surface area contributed by atoms with Crippen LogP contribution in [0.4, 0.5) is 5.69 Å². The molecule has 1 aliphatic heterocycles. The van der Waals surface area contributed by atoms with Gasteiger partial charge in [0, 0.05) is 31.3 Å². The highest BCUT2D eigenvalue weighted by atomic mass is 35.5. The number of nitro groups is 1. The van der Waals surface area contributed by atoms with Crippen LogP contribution in [0, 0.1) is 16.0 Å². The lowest BCUT2D eigenvalue weighted by molar-refractivity contribution is -0.384. The summed E-state index contributed by atoms with van der Waals surface area (Å²) in [5.41, 5.74) is 5.82. The smallest absolute Gasteiger partial charge is 0.270 e. The summed E-state index contributed by atoms with van der Waals surface area (Å²) in [5.74, 6) is -0.860. The Kier molecular flexibility index (Phi) is 8.46. The van der Waals surface area contributed by atoms with Crippen molar-refractivity contribution < 1.29 is 14.5 Å². The molecule has 1 fully saturated rings. The first-order valence-electron chi connectivity index (χ1n) is 8.50. The number of likely N-dealkylation sites (tertiary alicyclic amines) is 1. The van der Waals surface area contributed by atoms with E-state index in [2.05, 4.69) is 5.32 Å². The summed E-state index contributed by atoms with van der Waals surface area (Å²) in [6.07, 6.45) is 1.71. The number of hydrogen-bond donors (Lipinski definition) is 2. The zero-order valence-electron chi connectivity index (χ0n) is 15.2. The van der Waals surface area contributed by atoms with Crippen molar-refractivity contribution in [2.75, 3.05) is 13.1 Å². The first kappa shape index (κ1) is 23.1. The van der Waals surface area contributed by atoms with Gasteiger partial charge in [-0.25, -0.2) is 0 Å². The van der Waals surface area contributed by atoms with Crippen LogP contribution in [0.25, 0.3) is 0 Å². The van der Waals surface area contributed by atoms with Gasteiger partial charge >= 0.3 is 0 Å². The Balaban J connectivity index is 0.00000364. The molecule has 0 spiro atoms. The number of nitrogens with one attached hydrogen (secondary N) is 1. The fourth-order valence-corrected chi connectivity index (χ4v) is 3.20. The van der Waals surface area contributed by atoms with Crippen LogP contribution in [-0.2, 0) is 4.79 Å². The Bertz CT molecular complexity index is 714. The zero-order chi connectivity index (χ0) is 19.4. The minimum absolute atomic E-state index is 0. The normalized spacial score (nSPS) is 17.8. The lowest BCUT2D eigenvalue weighted by Crippen LogP contribution is -2.55. The van der Waals surface area contributed by atoms with Crippen LogP contribution >= 0.6 is 24.0 Å². The van der Waals surface area contributed by atoms with Crippen molar-refractivity contribution in [3.63, 3.8) is 0 Å². The van der Waals surface area contributed by atoms with E-state index in [1.165, 1.54) is 12.1 Å². The van der Waals surface area contributed by atoms with Crippen LogP contribution in [-0.4, -0.2) is 46.8 Å². The molecule has 1 heterocycles. The molecule has 2 amide bonds. The van der Waals surface area contributed by atoms with E-state index in [-0.39, 0.29) is 46.5 Å². The van der Waals surface area contributed by atoms with E-state index >= 15 is 0 Å². The monoisotopic (exact) mass is 418 g/mol. The predicted molar refractivity (Wildman–Crippen MR) is 105 cm³/mol. The highest BCUT2D eigenvalue weighted by molar-refractivity contribution is 6.34. The van der Waals surface area contributed by atoms with E-state index in [0.29, 0.717) is 13.1 Å². The molecule has 2 rings (SSSR count). The number of hydrogen-bond acceptors (Lipinski definition) is 5. The average Bonchev–Trinajstić information content (AvgIpc) is 2.58. The van der Waals surface area contributed by atoms with E-state index in [1.54, 1.807) is 4.90 Å². The summed E-state index contributed by atoms with van der Waals surface area (Å²) >= 11 is 6.00. The minimum Gasteiger partial charge on any atom is -0.340 e. The molecule has 3 N–H and O–H groups in total. The molecule has 1 aromatic rings. The fraction of sp³-hybridized carbons (Fsp3) is 0.529. The summed E-state index contributed by atoms with van der Waals surface area (Å²) in [6, 6.07) is 2.83. The number of piperidine rings is 1. The Labute approximate surface area is 169 Å². The van der Waals surface area contributed by atoms with Crippen molar-refractivity contribution in [1.29, 1.82) is 0 Å². The van der Waals surface area contributed by atoms with Gasteiger partial charge in [-0.2, -0.15) is 0 Å². The standard InChI is InChI=1S/C17H23ClN4O4.ClH/c1-10(2)15(17(24)21-7-3-4-11(19)9-21)20-16(23)13-6-5-12(22(25)26)8-14(13)18;/h5-6,8,10-11,15H,3-4,7,9,19H2,1-2H3,(H,20,23);1H. The molecule has 150 valence electrons. The Morgan fingerprint density at radius 3 is 2.59 bits per heavy atom. The molecule has 0 saturated carbocycles. The van der Waals surface area contributed by atoms with Crippen molar-refractivity contribution in [2.45, 2.75) is 38.8 Å². The maximum Gasteiger partial charge on any atom is 0.270 e. The molecule has 10 heteroatoms. The maximum atomic E-state index is 12.8. The molecule has 2 unspecified atom stereocenters. The molecule has 0 radical (unpaired) electrons. The largest absolute Gasteiger partial charge is 0.340 e. The number of non-ortho nitro benzene ring substituents is 1. The average molecular weight is 419 g/mol. The lowest BCUT2D eigenvalue weighted by Gasteiger charge is -2.34. The Morgan fingerprint density at radius 2 is 2.07 bits per heavy atom. The number of nitro benzene ring substituents is 1. The van der Waals surface area contributed by atoms with E-state index in [9.17, 15) is 19.7 Å². The second kappa shape index (κ2) is 9.87. The topological polar surface area (TPSA) is 119 Å². The van der Waals surface area contributed by atoms with Crippen molar-refractivity contribution in [2.24, 2.45) is 11.7 Å². The zero-order valence-corrected chi connectivity index (χ0v) is 16.8. The van der Waals surface area contributed by atoms with Crippen LogP contribution in [0.15, 0.2) is 18.2 Å². The molecule has 1 saturated heterocycles. The lowest BCUT2D eigenvalue weighted by atomic mass is 9.99. The van der Waals surface area contributed by atoms with Crippen LogP contribution in [0.1, 0.15) is 37.0 Å². The number of carbonyl (C=O) groups is 2. The van der Waals surface area contributed by atoms with E-state index < -0.39 is 16.9 Å². The number of carbonyl (C=O) groups excluding carboxylic acids is 2.